The highest BCUT2D eigenvalue weighted by Crippen LogP contribution is 2.33. The second-order valence-corrected chi connectivity index (χ2v) is 6.44. The van der Waals surface area contributed by atoms with Gasteiger partial charge < -0.3 is 15.0 Å². The first-order valence-corrected chi connectivity index (χ1v) is 8.32. The molecule has 114 valence electrons. The normalized spacial score (nSPS) is 16.6. The van der Waals surface area contributed by atoms with Gasteiger partial charge in [0.1, 0.15) is 10.6 Å². The molecule has 0 aromatic carbocycles. The van der Waals surface area contributed by atoms with Gasteiger partial charge in [-0.05, 0) is 25.3 Å². The van der Waals surface area contributed by atoms with Gasteiger partial charge in [0.05, 0.1) is 11.5 Å². The van der Waals surface area contributed by atoms with Crippen molar-refractivity contribution in [2.24, 2.45) is 0 Å². The second-order valence-electron chi connectivity index (χ2n) is 5.33. The number of hydrogen-bond donors (Lipinski definition) is 1. The molecule has 1 saturated heterocycles. The molecule has 6 heteroatoms. The molecule has 3 rings (SSSR count). The topological polar surface area (TPSA) is 50.3 Å². The molecule has 1 aliphatic heterocycles. The molecule has 1 fully saturated rings. The van der Waals surface area contributed by atoms with E-state index in [-0.39, 0.29) is 0 Å². The van der Waals surface area contributed by atoms with Gasteiger partial charge in [-0.3, -0.25) is 0 Å². The molecule has 1 aliphatic rings. The Morgan fingerprint density at radius 2 is 2.14 bits per heavy atom. The number of fused-ring (bicyclic) bond motifs is 1. The van der Waals surface area contributed by atoms with Crippen molar-refractivity contribution in [1.82, 2.24) is 9.97 Å². The van der Waals surface area contributed by atoms with E-state index in [1.807, 2.05) is 7.05 Å². The Labute approximate surface area is 129 Å². The van der Waals surface area contributed by atoms with Crippen LogP contribution in [0.15, 0.2) is 6.07 Å². The number of aromatic nitrogens is 2. The Morgan fingerprint density at radius 1 is 1.38 bits per heavy atom. The molecule has 0 bridgehead atoms. The van der Waals surface area contributed by atoms with Gasteiger partial charge >= 0.3 is 0 Å². The summed E-state index contributed by atoms with van der Waals surface area (Å²) in [5, 5.41) is 4.27. The zero-order chi connectivity index (χ0) is 14.8. The van der Waals surface area contributed by atoms with Crippen molar-refractivity contribution in [3.8, 4) is 0 Å². The average molecular weight is 306 g/mol. The molecule has 0 aliphatic carbocycles. The summed E-state index contributed by atoms with van der Waals surface area (Å²) in [6.07, 6.45) is 3.54. The quantitative estimate of drug-likeness (QED) is 0.941. The van der Waals surface area contributed by atoms with Crippen LogP contribution < -0.4 is 10.2 Å². The molecular formula is C15H22N4OS. The molecule has 21 heavy (non-hydrogen) atoms. The zero-order valence-electron chi connectivity index (χ0n) is 12.8. The monoisotopic (exact) mass is 306 g/mol. The number of hydrogen-bond acceptors (Lipinski definition) is 6. The Hall–Kier alpha value is -1.40. The van der Waals surface area contributed by atoms with Crippen molar-refractivity contribution in [1.29, 1.82) is 0 Å². The molecule has 2 aromatic rings. The Morgan fingerprint density at radius 3 is 2.76 bits per heavy atom. The number of methoxy groups -OCH3 is 1. The van der Waals surface area contributed by atoms with E-state index in [9.17, 15) is 0 Å². The van der Waals surface area contributed by atoms with E-state index in [0.29, 0.717) is 12.1 Å². The molecule has 2 aromatic heterocycles. The van der Waals surface area contributed by atoms with Crippen LogP contribution in [0.4, 0.5) is 11.8 Å². The summed E-state index contributed by atoms with van der Waals surface area (Å²) in [5.41, 5.74) is 0. The van der Waals surface area contributed by atoms with Crippen LogP contribution in [0.3, 0.4) is 0 Å². The van der Waals surface area contributed by atoms with E-state index in [1.54, 1.807) is 18.4 Å². The molecule has 0 atom stereocenters. The summed E-state index contributed by atoms with van der Waals surface area (Å²) in [7, 11) is 3.67. The van der Waals surface area contributed by atoms with Crippen LogP contribution in [0.1, 0.15) is 24.6 Å². The van der Waals surface area contributed by atoms with Crippen LogP contribution in [0.25, 0.3) is 10.2 Å². The van der Waals surface area contributed by atoms with Gasteiger partial charge in [0.15, 0.2) is 0 Å². The summed E-state index contributed by atoms with van der Waals surface area (Å²) < 4.78 is 5.46. The molecule has 0 radical (unpaired) electrons. The number of piperidine rings is 1. The zero-order valence-corrected chi connectivity index (χ0v) is 13.7. The number of aryl methyl sites for hydroxylation is 1. The smallest absolute Gasteiger partial charge is 0.225 e. The second kappa shape index (κ2) is 6.15. The Balaban J connectivity index is 1.98. The van der Waals surface area contributed by atoms with Gasteiger partial charge in [-0.15, -0.1) is 11.3 Å². The highest BCUT2D eigenvalue weighted by Gasteiger charge is 2.22. The average Bonchev–Trinajstić information content (AvgIpc) is 2.97. The van der Waals surface area contributed by atoms with E-state index < -0.39 is 0 Å². The SMILES string of the molecule is CCc1cc2c(N3CCC(OC)CC3)nc(NC)nc2s1. The predicted molar refractivity (Wildman–Crippen MR) is 88.6 cm³/mol. The van der Waals surface area contributed by atoms with Crippen molar-refractivity contribution in [2.45, 2.75) is 32.3 Å². The minimum absolute atomic E-state index is 0.385. The molecule has 0 spiro atoms. The molecule has 0 saturated carbocycles. The standard InChI is InChI=1S/C15H22N4OS/c1-4-11-9-12-13(17-15(16-2)18-14(12)21-11)19-7-5-10(20-3)6-8-19/h9-10H,4-8H2,1-3H3,(H,16,17,18). The van der Waals surface area contributed by atoms with Crippen molar-refractivity contribution in [2.75, 3.05) is 37.5 Å². The molecule has 0 amide bonds. The van der Waals surface area contributed by atoms with Crippen LogP contribution in [-0.2, 0) is 11.2 Å². The lowest BCUT2D eigenvalue weighted by molar-refractivity contribution is 0.0818. The fourth-order valence-electron chi connectivity index (χ4n) is 2.79. The lowest BCUT2D eigenvalue weighted by Gasteiger charge is -2.32. The van der Waals surface area contributed by atoms with Crippen LogP contribution in [0.2, 0.25) is 0 Å². The summed E-state index contributed by atoms with van der Waals surface area (Å²) in [5.74, 6) is 1.77. The number of anilines is 2. The maximum absolute atomic E-state index is 5.46. The van der Waals surface area contributed by atoms with E-state index in [1.165, 1.54) is 10.3 Å². The third-order valence-electron chi connectivity index (χ3n) is 4.07. The minimum Gasteiger partial charge on any atom is -0.381 e. The minimum atomic E-state index is 0.385. The van der Waals surface area contributed by atoms with Crippen molar-refractivity contribution < 1.29 is 4.74 Å². The summed E-state index contributed by atoms with van der Waals surface area (Å²) in [6, 6.07) is 2.25. The van der Waals surface area contributed by atoms with E-state index in [0.717, 1.165) is 43.0 Å². The van der Waals surface area contributed by atoms with Crippen LogP contribution in [0, 0.1) is 0 Å². The van der Waals surface area contributed by atoms with Gasteiger partial charge in [0, 0.05) is 32.1 Å². The first-order chi connectivity index (χ1) is 10.2. The summed E-state index contributed by atoms with van der Waals surface area (Å²) in [4.78, 5) is 14.1. The Bertz CT molecular complexity index is 619. The highest BCUT2D eigenvalue weighted by atomic mass is 32.1. The largest absolute Gasteiger partial charge is 0.381 e. The maximum Gasteiger partial charge on any atom is 0.225 e. The highest BCUT2D eigenvalue weighted by molar-refractivity contribution is 7.18. The van der Waals surface area contributed by atoms with Crippen LogP contribution in [-0.4, -0.2) is 43.3 Å². The lowest BCUT2D eigenvalue weighted by Crippen LogP contribution is -2.37. The predicted octanol–water partition coefficient (Wildman–Crippen LogP) is 2.91. The number of rotatable bonds is 4. The van der Waals surface area contributed by atoms with Crippen molar-refractivity contribution in [3.05, 3.63) is 10.9 Å². The first-order valence-electron chi connectivity index (χ1n) is 7.51. The van der Waals surface area contributed by atoms with Gasteiger partial charge in [-0.25, -0.2) is 4.98 Å². The molecule has 1 N–H and O–H groups in total. The van der Waals surface area contributed by atoms with Gasteiger partial charge in [-0.2, -0.15) is 4.98 Å². The van der Waals surface area contributed by atoms with Crippen molar-refractivity contribution in [3.63, 3.8) is 0 Å². The number of thiophene rings is 1. The summed E-state index contributed by atoms with van der Waals surface area (Å²) in [6.45, 7) is 4.16. The fraction of sp³-hybridized carbons (Fsp3) is 0.600. The molecule has 3 heterocycles. The van der Waals surface area contributed by atoms with E-state index >= 15 is 0 Å². The molecular weight excluding hydrogens is 284 g/mol. The van der Waals surface area contributed by atoms with E-state index in [4.69, 9.17) is 9.72 Å². The molecule has 5 nitrogen and oxygen atoms in total. The van der Waals surface area contributed by atoms with Gasteiger partial charge in [0.2, 0.25) is 5.95 Å². The fourth-order valence-corrected chi connectivity index (χ4v) is 3.75. The number of nitrogens with zero attached hydrogens (tertiary/aromatic N) is 3. The van der Waals surface area contributed by atoms with Gasteiger partial charge in [0.25, 0.3) is 0 Å². The third-order valence-corrected chi connectivity index (χ3v) is 5.24. The van der Waals surface area contributed by atoms with E-state index in [2.05, 4.69) is 28.2 Å². The van der Waals surface area contributed by atoms with Crippen molar-refractivity contribution >= 4 is 33.3 Å². The van der Waals surface area contributed by atoms with Crippen LogP contribution >= 0.6 is 11.3 Å². The first kappa shape index (κ1) is 14.5. The van der Waals surface area contributed by atoms with Crippen LogP contribution in [0.5, 0.6) is 0 Å². The number of nitrogens with one attached hydrogen (secondary N) is 1. The Kier molecular flexibility index (Phi) is 4.26. The molecule has 0 unspecified atom stereocenters. The summed E-state index contributed by atoms with van der Waals surface area (Å²) >= 11 is 1.77. The maximum atomic E-state index is 5.46. The van der Waals surface area contributed by atoms with Gasteiger partial charge in [-0.1, -0.05) is 6.92 Å². The number of ether oxygens (including phenoxy) is 1. The lowest BCUT2D eigenvalue weighted by atomic mass is 10.1. The third kappa shape index (κ3) is 2.82.